The van der Waals surface area contributed by atoms with Crippen LogP contribution < -0.4 is 4.74 Å². The van der Waals surface area contributed by atoms with Crippen LogP contribution in [0, 0.1) is 0 Å². The zero-order valence-electron chi connectivity index (χ0n) is 10.4. The SMILES string of the molecule is COc1ccc(-c2ccc(Cl)cc2)c(CC(=O)O)c1. The first kappa shape index (κ1) is 13.4. The van der Waals surface area contributed by atoms with Gasteiger partial charge in [-0.05, 0) is 41.0 Å². The van der Waals surface area contributed by atoms with Crippen molar-refractivity contribution in [3.8, 4) is 16.9 Å². The van der Waals surface area contributed by atoms with Crippen LogP contribution >= 0.6 is 11.6 Å². The highest BCUT2D eigenvalue weighted by molar-refractivity contribution is 6.30. The molecule has 2 aromatic rings. The second-order valence-electron chi connectivity index (χ2n) is 4.10. The maximum absolute atomic E-state index is 10.9. The quantitative estimate of drug-likeness (QED) is 0.927. The molecule has 2 aromatic carbocycles. The summed E-state index contributed by atoms with van der Waals surface area (Å²) in [6, 6.07) is 12.7. The Hall–Kier alpha value is -2.00. The number of halogens is 1. The maximum atomic E-state index is 10.9. The van der Waals surface area contributed by atoms with Crippen LogP contribution in [0.5, 0.6) is 5.75 Å². The van der Waals surface area contributed by atoms with E-state index in [9.17, 15) is 4.79 Å². The van der Waals surface area contributed by atoms with Crippen LogP contribution in [0.3, 0.4) is 0 Å². The van der Waals surface area contributed by atoms with Crippen LogP contribution in [0.2, 0.25) is 5.02 Å². The molecule has 4 heteroatoms. The fourth-order valence-electron chi connectivity index (χ4n) is 1.92. The van der Waals surface area contributed by atoms with E-state index in [-0.39, 0.29) is 6.42 Å². The van der Waals surface area contributed by atoms with Gasteiger partial charge in [-0.15, -0.1) is 0 Å². The molecule has 0 bridgehead atoms. The van der Waals surface area contributed by atoms with Crippen LogP contribution in [-0.2, 0) is 11.2 Å². The van der Waals surface area contributed by atoms with Gasteiger partial charge in [0.05, 0.1) is 13.5 Å². The van der Waals surface area contributed by atoms with E-state index in [1.807, 2.05) is 24.3 Å². The Labute approximate surface area is 116 Å². The van der Waals surface area contributed by atoms with E-state index in [0.717, 1.165) is 11.1 Å². The molecule has 0 fully saturated rings. The lowest BCUT2D eigenvalue weighted by atomic mass is 9.97. The second-order valence-corrected chi connectivity index (χ2v) is 4.54. The molecule has 0 aliphatic carbocycles. The number of rotatable bonds is 4. The lowest BCUT2D eigenvalue weighted by molar-refractivity contribution is -0.136. The Balaban J connectivity index is 2.48. The molecule has 0 spiro atoms. The number of ether oxygens (including phenoxy) is 1. The fraction of sp³-hybridized carbons (Fsp3) is 0.133. The number of carbonyl (C=O) groups is 1. The standard InChI is InChI=1S/C15H13ClO3/c1-19-13-6-7-14(11(8-13)9-15(17)18)10-2-4-12(16)5-3-10/h2-8H,9H2,1H3,(H,17,18). The van der Waals surface area contributed by atoms with Gasteiger partial charge in [0.2, 0.25) is 0 Å². The zero-order valence-corrected chi connectivity index (χ0v) is 11.1. The molecular weight excluding hydrogens is 264 g/mol. The van der Waals surface area contributed by atoms with Crippen molar-refractivity contribution in [1.82, 2.24) is 0 Å². The summed E-state index contributed by atoms with van der Waals surface area (Å²) in [6.45, 7) is 0. The monoisotopic (exact) mass is 276 g/mol. The van der Waals surface area contributed by atoms with Gasteiger partial charge in [0, 0.05) is 5.02 Å². The summed E-state index contributed by atoms with van der Waals surface area (Å²) in [5.41, 5.74) is 2.53. The summed E-state index contributed by atoms with van der Waals surface area (Å²) in [5.74, 6) is -0.225. The predicted octanol–water partition coefficient (Wildman–Crippen LogP) is 3.64. The zero-order chi connectivity index (χ0) is 13.8. The van der Waals surface area contributed by atoms with Crippen molar-refractivity contribution < 1.29 is 14.6 Å². The molecule has 2 rings (SSSR count). The van der Waals surface area contributed by atoms with Crippen LogP contribution in [0.15, 0.2) is 42.5 Å². The summed E-state index contributed by atoms with van der Waals surface area (Å²) < 4.78 is 5.13. The predicted molar refractivity (Wildman–Crippen MR) is 74.8 cm³/mol. The Kier molecular flexibility index (Phi) is 4.07. The normalized spacial score (nSPS) is 10.2. The molecule has 0 saturated heterocycles. The minimum absolute atomic E-state index is 0.0465. The van der Waals surface area contributed by atoms with Crippen LogP contribution in [0.25, 0.3) is 11.1 Å². The Bertz CT molecular complexity index is 591. The van der Waals surface area contributed by atoms with Gasteiger partial charge in [0.1, 0.15) is 5.75 Å². The van der Waals surface area contributed by atoms with Crippen molar-refractivity contribution in [3.63, 3.8) is 0 Å². The summed E-state index contributed by atoms with van der Waals surface area (Å²) in [4.78, 5) is 10.9. The molecule has 0 radical (unpaired) electrons. The Morgan fingerprint density at radius 2 is 1.89 bits per heavy atom. The third-order valence-electron chi connectivity index (χ3n) is 2.81. The average molecular weight is 277 g/mol. The molecule has 19 heavy (non-hydrogen) atoms. The topological polar surface area (TPSA) is 46.5 Å². The maximum Gasteiger partial charge on any atom is 0.307 e. The number of methoxy groups -OCH3 is 1. The summed E-state index contributed by atoms with van der Waals surface area (Å²) in [7, 11) is 1.56. The summed E-state index contributed by atoms with van der Waals surface area (Å²) in [6.07, 6.45) is -0.0465. The molecule has 0 saturated carbocycles. The van der Waals surface area contributed by atoms with Crippen molar-refractivity contribution in [3.05, 3.63) is 53.1 Å². The first-order chi connectivity index (χ1) is 9.10. The van der Waals surface area contributed by atoms with Crippen molar-refractivity contribution in [2.45, 2.75) is 6.42 Å². The number of hydrogen-bond acceptors (Lipinski definition) is 2. The molecule has 3 nitrogen and oxygen atoms in total. The molecule has 0 amide bonds. The van der Waals surface area contributed by atoms with Gasteiger partial charge in [-0.3, -0.25) is 4.79 Å². The summed E-state index contributed by atoms with van der Waals surface area (Å²) in [5, 5.41) is 9.63. The molecule has 98 valence electrons. The number of carboxylic acid groups (broad SMARTS) is 1. The third-order valence-corrected chi connectivity index (χ3v) is 3.06. The molecule has 0 heterocycles. The van der Waals surface area contributed by atoms with Crippen LogP contribution in [0.1, 0.15) is 5.56 Å². The van der Waals surface area contributed by atoms with E-state index in [4.69, 9.17) is 21.4 Å². The van der Waals surface area contributed by atoms with Gasteiger partial charge >= 0.3 is 5.97 Å². The lowest BCUT2D eigenvalue weighted by Crippen LogP contribution is -2.02. The summed E-state index contributed by atoms with van der Waals surface area (Å²) >= 11 is 5.86. The largest absolute Gasteiger partial charge is 0.497 e. The van der Waals surface area contributed by atoms with Crippen molar-refractivity contribution in [1.29, 1.82) is 0 Å². The highest BCUT2D eigenvalue weighted by Crippen LogP contribution is 2.28. The molecule has 0 atom stereocenters. The molecule has 0 aromatic heterocycles. The van der Waals surface area contributed by atoms with Crippen LogP contribution in [0.4, 0.5) is 0 Å². The number of aliphatic carboxylic acids is 1. The smallest absolute Gasteiger partial charge is 0.307 e. The Morgan fingerprint density at radius 1 is 1.21 bits per heavy atom. The molecule has 0 aliphatic rings. The minimum atomic E-state index is -0.872. The number of carboxylic acids is 1. The lowest BCUT2D eigenvalue weighted by Gasteiger charge is -2.10. The number of benzene rings is 2. The van der Waals surface area contributed by atoms with E-state index in [2.05, 4.69) is 0 Å². The number of hydrogen-bond donors (Lipinski definition) is 1. The van der Waals surface area contributed by atoms with E-state index in [0.29, 0.717) is 16.3 Å². The second kappa shape index (κ2) is 5.76. The highest BCUT2D eigenvalue weighted by atomic mass is 35.5. The van der Waals surface area contributed by atoms with Gasteiger partial charge in [-0.25, -0.2) is 0 Å². The van der Waals surface area contributed by atoms with Crippen molar-refractivity contribution in [2.24, 2.45) is 0 Å². The first-order valence-electron chi connectivity index (χ1n) is 5.75. The van der Waals surface area contributed by atoms with E-state index >= 15 is 0 Å². The first-order valence-corrected chi connectivity index (χ1v) is 6.12. The molecule has 0 unspecified atom stereocenters. The molecule has 0 aliphatic heterocycles. The molecular formula is C15H13ClO3. The average Bonchev–Trinajstić information content (AvgIpc) is 2.39. The van der Waals surface area contributed by atoms with Gasteiger partial charge in [0.25, 0.3) is 0 Å². The molecule has 1 N–H and O–H groups in total. The Morgan fingerprint density at radius 3 is 2.47 bits per heavy atom. The van der Waals surface area contributed by atoms with Gasteiger partial charge in [-0.1, -0.05) is 29.8 Å². The van der Waals surface area contributed by atoms with Crippen molar-refractivity contribution >= 4 is 17.6 Å². The fourth-order valence-corrected chi connectivity index (χ4v) is 2.04. The van der Waals surface area contributed by atoms with Crippen molar-refractivity contribution in [2.75, 3.05) is 7.11 Å². The van der Waals surface area contributed by atoms with E-state index in [1.54, 1.807) is 25.3 Å². The third kappa shape index (κ3) is 3.26. The van der Waals surface area contributed by atoms with Crippen LogP contribution in [-0.4, -0.2) is 18.2 Å². The van der Waals surface area contributed by atoms with E-state index < -0.39 is 5.97 Å². The van der Waals surface area contributed by atoms with Gasteiger partial charge in [-0.2, -0.15) is 0 Å². The highest BCUT2D eigenvalue weighted by Gasteiger charge is 2.10. The van der Waals surface area contributed by atoms with Gasteiger partial charge < -0.3 is 9.84 Å². The van der Waals surface area contributed by atoms with Gasteiger partial charge in [0.15, 0.2) is 0 Å². The minimum Gasteiger partial charge on any atom is -0.497 e. The van der Waals surface area contributed by atoms with E-state index in [1.165, 1.54) is 0 Å².